The molecule has 0 radical (unpaired) electrons. The van der Waals surface area contributed by atoms with Crippen molar-refractivity contribution < 1.29 is 17.9 Å². The van der Waals surface area contributed by atoms with Crippen LogP contribution in [0.3, 0.4) is 0 Å². The van der Waals surface area contributed by atoms with Gasteiger partial charge in [-0.1, -0.05) is 38.0 Å². The Morgan fingerprint density at radius 3 is 2.39 bits per heavy atom. The van der Waals surface area contributed by atoms with Gasteiger partial charge in [0.05, 0.1) is 17.4 Å². The van der Waals surface area contributed by atoms with Crippen LogP contribution in [0, 0.1) is 0 Å². The molecular weight excluding hydrogens is 444 g/mol. The number of aryl methyl sites for hydroxylation is 1. The molecule has 1 heterocycles. The Kier molecular flexibility index (Phi) is 8.18. The molecule has 0 spiro atoms. The van der Waals surface area contributed by atoms with Gasteiger partial charge in [-0.15, -0.1) is 0 Å². The van der Waals surface area contributed by atoms with Gasteiger partial charge in [-0.3, -0.25) is 9.59 Å². The van der Waals surface area contributed by atoms with Crippen molar-refractivity contribution in [1.82, 2.24) is 19.8 Å². The second-order valence-corrected chi connectivity index (χ2v) is 9.23. The highest BCUT2D eigenvalue weighted by molar-refractivity contribution is 7.89. The van der Waals surface area contributed by atoms with E-state index in [4.69, 9.17) is 4.74 Å². The number of nitrogens with one attached hydrogen (secondary N) is 2. The number of rotatable bonds is 11. The standard InChI is InChI=1S/C23H28N4O5S/c1-3-4-7-16-27-23(29)20-9-6-5-8-19(20)21(26-27)22(28)24-14-15-25-33(30,31)18-12-10-17(32-2)11-13-18/h5-6,8-13,25H,3-4,7,14-16H2,1-2H3,(H,24,28). The number of hydrogen-bond acceptors (Lipinski definition) is 6. The Labute approximate surface area is 192 Å². The molecule has 0 bridgehead atoms. The second-order valence-electron chi connectivity index (χ2n) is 7.46. The van der Waals surface area contributed by atoms with Crippen LogP contribution in [0.2, 0.25) is 0 Å². The highest BCUT2D eigenvalue weighted by Crippen LogP contribution is 2.15. The van der Waals surface area contributed by atoms with Crippen LogP contribution in [0.1, 0.15) is 36.7 Å². The van der Waals surface area contributed by atoms with Crippen LogP contribution >= 0.6 is 0 Å². The quantitative estimate of drug-likeness (QED) is 0.413. The largest absolute Gasteiger partial charge is 0.497 e. The molecule has 0 saturated carbocycles. The molecule has 9 nitrogen and oxygen atoms in total. The number of fused-ring (bicyclic) bond motifs is 1. The SMILES string of the molecule is CCCCCn1nc(C(=O)NCCNS(=O)(=O)c2ccc(OC)cc2)c2ccccc2c1=O. The Morgan fingerprint density at radius 1 is 1.03 bits per heavy atom. The minimum Gasteiger partial charge on any atom is -0.497 e. The highest BCUT2D eigenvalue weighted by atomic mass is 32.2. The van der Waals surface area contributed by atoms with Crippen LogP contribution in [0.5, 0.6) is 5.75 Å². The summed E-state index contributed by atoms with van der Waals surface area (Å²) >= 11 is 0. The molecule has 0 fully saturated rings. The smallest absolute Gasteiger partial charge is 0.274 e. The lowest BCUT2D eigenvalue weighted by molar-refractivity contribution is 0.0948. The van der Waals surface area contributed by atoms with Gasteiger partial charge in [-0.05, 0) is 36.8 Å². The van der Waals surface area contributed by atoms with Gasteiger partial charge in [0.2, 0.25) is 10.0 Å². The molecule has 3 rings (SSSR count). The van der Waals surface area contributed by atoms with Crippen LogP contribution < -0.4 is 20.3 Å². The number of ether oxygens (including phenoxy) is 1. The lowest BCUT2D eigenvalue weighted by Crippen LogP contribution is -2.36. The number of carbonyl (C=O) groups excluding carboxylic acids is 1. The molecule has 0 atom stereocenters. The van der Waals surface area contributed by atoms with Gasteiger partial charge in [0.25, 0.3) is 11.5 Å². The second kappa shape index (κ2) is 11.1. The molecule has 1 amide bonds. The number of hydrogen-bond donors (Lipinski definition) is 2. The van der Waals surface area contributed by atoms with Crippen molar-refractivity contribution >= 4 is 26.7 Å². The van der Waals surface area contributed by atoms with E-state index in [2.05, 4.69) is 22.1 Å². The molecular formula is C23H28N4O5S. The zero-order valence-corrected chi connectivity index (χ0v) is 19.5. The van der Waals surface area contributed by atoms with Gasteiger partial charge >= 0.3 is 0 Å². The highest BCUT2D eigenvalue weighted by Gasteiger charge is 2.17. The first-order valence-corrected chi connectivity index (χ1v) is 12.3. The number of amides is 1. The van der Waals surface area contributed by atoms with Gasteiger partial charge in [0.1, 0.15) is 5.75 Å². The van der Waals surface area contributed by atoms with Gasteiger partial charge in [-0.2, -0.15) is 5.10 Å². The van der Waals surface area contributed by atoms with E-state index < -0.39 is 15.9 Å². The number of aromatic nitrogens is 2. The van der Waals surface area contributed by atoms with Gasteiger partial charge in [-0.25, -0.2) is 17.8 Å². The number of methoxy groups -OCH3 is 1. The fraction of sp³-hybridized carbons (Fsp3) is 0.348. The maximum atomic E-state index is 12.8. The first-order chi connectivity index (χ1) is 15.9. The Morgan fingerprint density at radius 2 is 1.73 bits per heavy atom. The molecule has 0 saturated heterocycles. The van der Waals surface area contributed by atoms with Crippen molar-refractivity contribution in [2.75, 3.05) is 20.2 Å². The van der Waals surface area contributed by atoms with E-state index in [0.717, 1.165) is 19.3 Å². The number of unbranched alkanes of at least 4 members (excludes halogenated alkanes) is 2. The third-order valence-corrected chi connectivity index (χ3v) is 6.61. The molecule has 0 aliphatic carbocycles. The van der Waals surface area contributed by atoms with Crippen molar-refractivity contribution in [2.45, 2.75) is 37.6 Å². The maximum Gasteiger partial charge on any atom is 0.274 e. The number of sulfonamides is 1. The van der Waals surface area contributed by atoms with E-state index in [1.807, 2.05) is 0 Å². The molecule has 10 heteroatoms. The summed E-state index contributed by atoms with van der Waals surface area (Å²) in [6.45, 7) is 2.55. The van der Waals surface area contributed by atoms with Crippen LogP contribution in [0.4, 0.5) is 0 Å². The summed E-state index contributed by atoms with van der Waals surface area (Å²) in [7, 11) is -2.23. The molecule has 33 heavy (non-hydrogen) atoms. The topological polar surface area (TPSA) is 119 Å². The maximum absolute atomic E-state index is 12.8. The molecule has 0 aliphatic rings. The van der Waals surface area contributed by atoms with E-state index in [-0.39, 0.29) is 29.2 Å². The average Bonchev–Trinajstić information content (AvgIpc) is 2.83. The molecule has 3 aromatic rings. The predicted octanol–water partition coefficient (Wildman–Crippen LogP) is 2.30. The fourth-order valence-electron chi connectivity index (χ4n) is 3.35. The molecule has 2 N–H and O–H groups in total. The first-order valence-electron chi connectivity index (χ1n) is 10.8. The molecule has 0 unspecified atom stereocenters. The predicted molar refractivity (Wildman–Crippen MR) is 126 cm³/mol. The number of benzene rings is 2. The summed E-state index contributed by atoms with van der Waals surface area (Å²) in [6, 6.07) is 12.8. The van der Waals surface area contributed by atoms with Crippen molar-refractivity contribution in [3.8, 4) is 5.75 Å². The van der Waals surface area contributed by atoms with Crippen molar-refractivity contribution in [3.05, 3.63) is 64.6 Å². The summed E-state index contributed by atoms with van der Waals surface area (Å²) in [5.74, 6) is 0.0797. The monoisotopic (exact) mass is 472 g/mol. The minimum absolute atomic E-state index is 0.00578. The van der Waals surface area contributed by atoms with Crippen LogP contribution in [0.25, 0.3) is 10.8 Å². The lowest BCUT2D eigenvalue weighted by atomic mass is 10.1. The average molecular weight is 473 g/mol. The minimum atomic E-state index is -3.73. The van der Waals surface area contributed by atoms with Gasteiger partial charge in [0, 0.05) is 25.0 Å². The van der Waals surface area contributed by atoms with Gasteiger partial charge in [0.15, 0.2) is 5.69 Å². The third-order valence-electron chi connectivity index (χ3n) is 5.13. The Bertz CT molecular complexity index is 1270. The van der Waals surface area contributed by atoms with Crippen molar-refractivity contribution in [1.29, 1.82) is 0 Å². The first kappa shape index (κ1) is 24.4. The van der Waals surface area contributed by atoms with E-state index in [0.29, 0.717) is 23.1 Å². The summed E-state index contributed by atoms with van der Waals surface area (Å²) in [4.78, 5) is 25.7. The van der Waals surface area contributed by atoms with Gasteiger partial charge < -0.3 is 10.1 Å². The zero-order chi connectivity index (χ0) is 23.8. The Hall–Kier alpha value is -3.24. The Balaban J connectivity index is 1.69. The summed E-state index contributed by atoms with van der Waals surface area (Å²) < 4.78 is 33.6. The van der Waals surface area contributed by atoms with E-state index >= 15 is 0 Å². The van der Waals surface area contributed by atoms with Crippen molar-refractivity contribution in [2.24, 2.45) is 0 Å². The summed E-state index contributed by atoms with van der Waals surface area (Å²) in [5.41, 5.74) is -0.0924. The lowest BCUT2D eigenvalue weighted by Gasteiger charge is -2.12. The number of carbonyl (C=O) groups is 1. The molecule has 0 aliphatic heterocycles. The summed E-state index contributed by atoms with van der Waals surface area (Å²) in [5, 5.41) is 7.88. The third kappa shape index (κ3) is 5.96. The van der Waals surface area contributed by atoms with Crippen molar-refractivity contribution in [3.63, 3.8) is 0 Å². The van der Waals surface area contributed by atoms with Crippen LogP contribution in [0.15, 0.2) is 58.2 Å². The fourth-order valence-corrected chi connectivity index (χ4v) is 4.38. The van der Waals surface area contributed by atoms with Crippen LogP contribution in [-0.4, -0.2) is 44.3 Å². The molecule has 176 valence electrons. The number of nitrogens with zero attached hydrogens (tertiary/aromatic N) is 2. The van der Waals surface area contributed by atoms with E-state index in [1.54, 1.807) is 36.4 Å². The molecule has 1 aromatic heterocycles. The van der Waals surface area contributed by atoms with E-state index in [1.165, 1.54) is 23.9 Å². The normalized spacial score (nSPS) is 11.5. The summed E-state index contributed by atoms with van der Waals surface area (Å²) in [6.07, 6.45) is 2.74. The van der Waals surface area contributed by atoms with E-state index in [9.17, 15) is 18.0 Å². The molecule has 2 aromatic carbocycles. The van der Waals surface area contributed by atoms with Crippen LogP contribution in [-0.2, 0) is 16.6 Å². The zero-order valence-electron chi connectivity index (χ0n) is 18.7.